The standard InChI is InChI=1S/C32H39F3N4O6/c1-22(18-32(33,34)35)27(41)38-12-11-31(45,30(20-38)9-5-6-10-30)21-39-19-25(24(17-26(39)40)23-7-3-2-4-8-23)28(42)36-13-15-37(16-14-36)29(43)44/h2-4,7-8,17,19,22,45H,5-6,9-16,18,20-21H2,1H3,(H,43,44). The monoisotopic (exact) mass is 632 g/mol. The molecule has 0 bridgehead atoms. The van der Waals surface area contributed by atoms with E-state index in [0.29, 0.717) is 24.0 Å². The molecule has 1 aliphatic carbocycles. The Morgan fingerprint density at radius 1 is 0.933 bits per heavy atom. The molecule has 2 atom stereocenters. The Labute approximate surface area is 259 Å². The number of piperazine rings is 1. The second-order valence-corrected chi connectivity index (χ2v) is 12.7. The fraction of sp³-hybridized carbons (Fsp3) is 0.562. The quantitative estimate of drug-likeness (QED) is 0.495. The van der Waals surface area contributed by atoms with Gasteiger partial charge in [0, 0.05) is 68.4 Å². The van der Waals surface area contributed by atoms with Crippen molar-refractivity contribution in [2.24, 2.45) is 11.3 Å². The highest BCUT2D eigenvalue weighted by Crippen LogP contribution is 2.52. The second kappa shape index (κ2) is 12.5. The molecule has 2 N–H and O–H groups in total. The van der Waals surface area contributed by atoms with Gasteiger partial charge in [0.05, 0.1) is 24.1 Å². The number of aromatic nitrogens is 1. The summed E-state index contributed by atoms with van der Waals surface area (Å²) in [5.74, 6) is -2.20. The molecule has 13 heteroatoms. The van der Waals surface area contributed by atoms with Crippen LogP contribution in [0.2, 0.25) is 0 Å². The number of carbonyl (C=O) groups is 3. The first kappa shape index (κ1) is 32.5. The molecule has 3 fully saturated rings. The van der Waals surface area contributed by atoms with Gasteiger partial charge in [0.25, 0.3) is 11.5 Å². The van der Waals surface area contributed by atoms with Crippen LogP contribution in [0.5, 0.6) is 0 Å². The van der Waals surface area contributed by atoms with Gasteiger partial charge in [-0.05, 0) is 24.8 Å². The van der Waals surface area contributed by atoms with E-state index in [4.69, 9.17) is 0 Å². The van der Waals surface area contributed by atoms with Crippen LogP contribution in [-0.2, 0) is 11.3 Å². The zero-order valence-electron chi connectivity index (χ0n) is 25.3. The lowest BCUT2D eigenvalue weighted by molar-refractivity contribution is -0.172. The lowest BCUT2D eigenvalue weighted by Gasteiger charge is -2.52. The summed E-state index contributed by atoms with van der Waals surface area (Å²) in [4.78, 5) is 56.1. The summed E-state index contributed by atoms with van der Waals surface area (Å²) in [6.45, 7) is 1.95. The number of nitrogens with zero attached hydrogens (tertiary/aromatic N) is 4. The zero-order chi connectivity index (χ0) is 32.6. The summed E-state index contributed by atoms with van der Waals surface area (Å²) < 4.78 is 40.4. The largest absolute Gasteiger partial charge is 0.465 e. The third kappa shape index (κ3) is 6.73. The van der Waals surface area contributed by atoms with Crippen LogP contribution < -0.4 is 5.56 Å². The fourth-order valence-corrected chi connectivity index (χ4v) is 7.31. The maximum absolute atomic E-state index is 13.9. The summed E-state index contributed by atoms with van der Waals surface area (Å²) in [5.41, 5.74) is -1.38. The van der Waals surface area contributed by atoms with Crippen molar-refractivity contribution in [3.63, 3.8) is 0 Å². The fourth-order valence-electron chi connectivity index (χ4n) is 7.31. The van der Waals surface area contributed by atoms with Crippen LogP contribution in [0, 0.1) is 11.3 Å². The number of halogens is 3. The van der Waals surface area contributed by atoms with Crippen LogP contribution >= 0.6 is 0 Å². The molecule has 3 aliphatic rings. The molecular weight excluding hydrogens is 593 g/mol. The molecule has 244 valence electrons. The van der Waals surface area contributed by atoms with Crippen molar-refractivity contribution in [2.45, 2.75) is 63.8 Å². The van der Waals surface area contributed by atoms with Crippen molar-refractivity contribution in [1.29, 1.82) is 0 Å². The van der Waals surface area contributed by atoms with Crippen molar-refractivity contribution in [3.05, 3.63) is 58.5 Å². The normalized spacial score (nSPS) is 22.5. The van der Waals surface area contributed by atoms with Crippen LogP contribution in [0.1, 0.15) is 55.8 Å². The van der Waals surface area contributed by atoms with Crippen LogP contribution in [0.15, 0.2) is 47.4 Å². The Kier molecular flexibility index (Phi) is 9.03. The molecule has 1 aromatic heterocycles. The third-order valence-corrected chi connectivity index (χ3v) is 9.82. The van der Waals surface area contributed by atoms with E-state index in [1.165, 1.54) is 33.6 Å². The van der Waals surface area contributed by atoms with Crippen LogP contribution in [0.3, 0.4) is 0 Å². The van der Waals surface area contributed by atoms with Crippen molar-refractivity contribution in [1.82, 2.24) is 19.3 Å². The van der Waals surface area contributed by atoms with E-state index >= 15 is 0 Å². The first-order valence-corrected chi connectivity index (χ1v) is 15.4. The maximum Gasteiger partial charge on any atom is 0.407 e. The van der Waals surface area contributed by atoms with Gasteiger partial charge >= 0.3 is 12.3 Å². The van der Waals surface area contributed by atoms with Gasteiger partial charge in [0.2, 0.25) is 5.91 Å². The lowest BCUT2D eigenvalue weighted by Crippen LogP contribution is -2.62. The molecule has 2 unspecified atom stereocenters. The van der Waals surface area contributed by atoms with Gasteiger partial charge < -0.3 is 29.5 Å². The van der Waals surface area contributed by atoms with E-state index in [9.17, 15) is 42.6 Å². The minimum Gasteiger partial charge on any atom is -0.465 e. The van der Waals surface area contributed by atoms with Gasteiger partial charge in [-0.3, -0.25) is 14.4 Å². The third-order valence-electron chi connectivity index (χ3n) is 9.82. The second-order valence-electron chi connectivity index (χ2n) is 12.7. The van der Waals surface area contributed by atoms with Gasteiger partial charge in [-0.15, -0.1) is 0 Å². The smallest absolute Gasteiger partial charge is 0.407 e. The van der Waals surface area contributed by atoms with Gasteiger partial charge in [0.15, 0.2) is 0 Å². The van der Waals surface area contributed by atoms with Crippen LogP contribution in [0.4, 0.5) is 18.0 Å². The van der Waals surface area contributed by atoms with Gasteiger partial charge in [-0.25, -0.2) is 4.79 Å². The van der Waals surface area contributed by atoms with Gasteiger partial charge in [0.1, 0.15) is 0 Å². The molecule has 2 aliphatic heterocycles. The van der Waals surface area contributed by atoms with E-state index in [1.54, 1.807) is 29.2 Å². The Morgan fingerprint density at radius 3 is 2.16 bits per heavy atom. The van der Waals surface area contributed by atoms with E-state index in [-0.39, 0.29) is 63.7 Å². The summed E-state index contributed by atoms with van der Waals surface area (Å²) in [7, 11) is 0. The van der Waals surface area contributed by atoms with E-state index in [2.05, 4.69) is 0 Å². The highest BCUT2D eigenvalue weighted by molar-refractivity contribution is 6.00. The number of benzene rings is 1. The topological polar surface area (TPSA) is 123 Å². The average Bonchev–Trinajstić information content (AvgIpc) is 3.48. The summed E-state index contributed by atoms with van der Waals surface area (Å²) in [6.07, 6.45) is -2.56. The summed E-state index contributed by atoms with van der Waals surface area (Å²) >= 11 is 0. The molecule has 5 rings (SSSR count). The molecule has 3 heterocycles. The number of carboxylic acid groups (broad SMARTS) is 1. The Bertz CT molecular complexity index is 1480. The number of pyridine rings is 1. The molecule has 1 saturated carbocycles. The van der Waals surface area contributed by atoms with Crippen LogP contribution in [0.25, 0.3) is 11.1 Å². The van der Waals surface area contributed by atoms with E-state index in [0.717, 1.165) is 12.8 Å². The molecule has 10 nitrogen and oxygen atoms in total. The number of carbonyl (C=O) groups excluding carboxylic acids is 2. The molecule has 45 heavy (non-hydrogen) atoms. The van der Waals surface area contributed by atoms with Crippen molar-refractivity contribution >= 4 is 17.9 Å². The number of hydrogen-bond donors (Lipinski definition) is 2. The minimum atomic E-state index is -4.47. The number of hydrogen-bond acceptors (Lipinski definition) is 5. The first-order chi connectivity index (χ1) is 21.2. The number of likely N-dealkylation sites (tertiary alicyclic amines) is 1. The first-order valence-electron chi connectivity index (χ1n) is 15.4. The molecule has 1 aromatic carbocycles. The van der Waals surface area contributed by atoms with Crippen LogP contribution in [-0.4, -0.2) is 98.4 Å². The highest BCUT2D eigenvalue weighted by Gasteiger charge is 2.56. The Morgan fingerprint density at radius 2 is 1.56 bits per heavy atom. The molecular formula is C32H39F3N4O6. The van der Waals surface area contributed by atoms with Gasteiger partial charge in [-0.2, -0.15) is 13.2 Å². The summed E-state index contributed by atoms with van der Waals surface area (Å²) in [5, 5.41) is 21.6. The number of rotatable bonds is 6. The van der Waals surface area contributed by atoms with Crippen molar-refractivity contribution in [3.8, 4) is 11.1 Å². The number of aliphatic hydroxyl groups is 1. The zero-order valence-corrected chi connectivity index (χ0v) is 25.3. The van der Waals surface area contributed by atoms with Gasteiger partial charge in [-0.1, -0.05) is 50.1 Å². The van der Waals surface area contributed by atoms with Crippen molar-refractivity contribution < 1.29 is 37.8 Å². The molecule has 1 spiro atoms. The summed E-state index contributed by atoms with van der Waals surface area (Å²) in [6, 6.07) is 10.3. The lowest BCUT2D eigenvalue weighted by atomic mass is 9.65. The van der Waals surface area contributed by atoms with E-state index in [1.807, 2.05) is 6.07 Å². The minimum absolute atomic E-state index is 0.0514. The van der Waals surface area contributed by atoms with Crippen molar-refractivity contribution in [2.75, 3.05) is 39.3 Å². The molecule has 2 aromatic rings. The number of piperidine rings is 1. The average molecular weight is 633 g/mol. The Balaban J connectivity index is 1.45. The number of amides is 3. The Hall–Kier alpha value is -3.87. The molecule has 3 amide bonds. The SMILES string of the molecule is CC(CC(F)(F)F)C(=O)N1CCC(O)(Cn2cc(C(=O)N3CCN(C(=O)O)CC3)c(-c3ccccc3)cc2=O)C2(CCCC2)C1. The predicted octanol–water partition coefficient (Wildman–Crippen LogP) is 4.06. The highest BCUT2D eigenvalue weighted by atomic mass is 19.4. The predicted molar refractivity (Wildman–Crippen MR) is 159 cm³/mol. The maximum atomic E-state index is 13.9. The molecule has 0 radical (unpaired) electrons. The number of alkyl halides is 3. The van der Waals surface area contributed by atoms with E-state index < -0.39 is 47.1 Å². The molecule has 2 saturated heterocycles.